The van der Waals surface area contributed by atoms with E-state index in [0.29, 0.717) is 13.0 Å². The number of methoxy groups -OCH3 is 1. The summed E-state index contributed by atoms with van der Waals surface area (Å²) in [6.45, 7) is 2.78. The highest BCUT2D eigenvalue weighted by molar-refractivity contribution is 5.83. The van der Waals surface area contributed by atoms with Gasteiger partial charge >= 0.3 is 0 Å². The topological polar surface area (TPSA) is 49.8 Å². The molecule has 1 aliphatic carbocycles. The molecule has 29 heavy (non-hydrogen) atoms. The van der Waals surface area contributed by atoms with Gasteiger partial charge in [0.15, 0.2) is 0 Å². The van der Waals surface area contributed by atoms with Gasteiger partial charge in [-0.2, -0.15) is 0 Å². The first kappa shape index (κ1) is 20.0. The van der Waals surface area contributed by atoms with Crippen molar-refractivity contribution in [3.8, 4) is 5.75 Å². The molecule has 0 spiro atoms. The molecule has 154 valence electrons. The number of hydrogen-bond donors (Lipinski definition) is 1. The summed E-state index contributed by atoms with van der Waals surface area (Å²) in [7, 11) is 1.65. The molecule has 2 aromatic rings. The number of carbonyl (C=O) groups is 1. The van der Waals surface area contributed by atoms with Crippen LogP contribution in [0.4, 0.5) is 0 Å². The number of amides is 1. The van der Waals surface area contributed by atoms with Crippen molar-refractivity contribution in [3.05, 3.63) is 65.2 Å². The van der Waals surface area contributed by atoms with Crippen LogP contribution < -0.4 is 4.74 Å². The first-order chi connectivity index (χ1) is 14.1. The molecule has 4 nitrogen and oxygen atoms in total. The highest BCUT2D eigenvalue weighted by atomic mass is 16.5. The molecule has 2 fully saturated rings. The van der Waals surface area contributed by atoms with Crippen molar-refractivity contribution in [1.82, 2.24) is 4.90 Å². The van der Waals surface area contributed by atoms with Crippen LogP contribution in [-0.4, -0.2) is 23.0 Å². The molecule has 1 saturated heterocycles. The maximum absolute atomic E-state index is 12.3. The number of rotatable bonds is 8. The van der Waals surface area contributed by atoms with E-state index in [1.165, 1.54) is 6.42 Å². The van der Waals surface area contributed by atoms with Crippen LogP contribution in [0.3, 0.4) is 0 Å². The monoisotopic (exact) mass is 393 g/mol. The lowest BCUT2D eigenvalue weighted by molar-refractivity contribution is -0.147. The maximum atomic E-state index is 12.3. The Morgan fingerprint density at radius 3 is 2.55 bits per heavy atom. The zero-order valence-corrected chi connectivity index (χ0v) is 17.4. The maximum Gasteiger partial charge on any atom is 0.225 e. The third kappa shape index (κ3) is 3.78. The van der Waals surface area contributed by atoms with Crippen molar-refractivity contribution in [1.29, 1.82) is 0 Å². The average Bonchev–Trinajstić information content (AvgIpc) is 2.72. The zero-order valence-electron chi connectivity index (χ0n) is 17.4. The minimum Gasteiger partial charge on any atom is -0.497 e. The third-order valence-corrected chi connectivity index (χ3v) is 6.87. The Balaban J connectivity index is 1.46. The molecule has 1 N–H and O–H groups in total. The Morgan fingerprint density at radius 1 is 1.21 bits per heavy atom. The van der Waals surface area contributed by atoms with Gasteiger partial charge in [0, 0.05) is 12.0 Å². The van der Waals surface area contributed by atoms with E-state index in [4.69, 9.17) is 4.74 Å². The van der Waals surface area contributed by atoms with Crippen molar-refractivity contribution in [3.63, 3.8) is 0 Å². The molecule has 4 rings (SSSR count). The van der Waals surface area contributed by atoms with E-state index >= 15 is 0 Å². The molecule has 2 atom stereocenters. The van der Waals surface area contributed by atoms with Gasteiger partial charge in [-0.05, 0) is 48.1 Å². The highest BCUT2D eigenvalue weighted by Gasteiger charge is 2.43. The second-order valence-electron chi connectivity index (χ2n) is 8.63. The molecule has 1 aliphatic heterocycles. The second-order valence-corrected chi connectivity index (χ2v) is 8.63. The molecule has 0 radical (unpaired) electrons. The van der Waals surface area contributed by atoms with Crippen LogP contribution in [0.1, 0.15) is 74.3 Å². The SMILES string of the molecule is CCCC1(C(O)c2ccc([C@H]3CC(=O)N3Cc3cccc(OC)c3)cc2)CCC1. The number of likely N-dealkylation sites (tertiary alicyclic amines) is 1. The number of aliphatic hydroxyl groups excluding tert-OH is 1. The lowest BCUT2D eigenvalue weighted by atomic mass is 9.61. The summed E-state index contributed by atoms with van der Waals surface area (Å²) in [6, 6.07) is 16.3. The van der Waals surface area contributed by atoms with E-state index in [2.05, 4.69) is 31.2 Å². The molecular weight excluding hydrogens is 362 g/mol. The Bertz CT molecular complexity index is 857. The predicted molar refractivity (Wildman–Crippen MR) is 113 cm³/mol. The van der Waals surface area contributed by atoms with Crippen LogP contribution >= 0.6 is 0 Å². The van der Waals surface area contributed by atoms with Gasteiger partial charge < -0.3 is 14.7 Å². The van der Waals surface area contributed by atoms with Crippen LogP contribution in [-0.2, 0) is 11.3 Å². The molecule has 2 aromatic carbocycles. The Kier molecular flexibility index (Phi) is 5.64. The number of benzene rings is 2. The van der Waals surface area contributed by atoms with Crippen molar-refractivity contribution >= 4 is 5.91 Å². The molecule has 1 amide bonds. The smallest absolute Gasteiger partial charge is 0.225 e. The Morgan fingerprint density at radius 2 is 1.97 bits per heavy atom. The van der Waals surface area contributed by atoms with Crippen LogP contribution in [0.5, 0.6) is 5.75 Å². The number of ether oxygens (including phenoxy) is 1. The molecule has 4 heteroatoms. The van der Waals surface area contributed by atoms with Gasteiger partial charge in [-0.1, -0.05) is 56.2 Å². The third-order valence-electron chi connectivity index (χ3n) is 6.87. The summed E-state index contributed by atoms with van der Waals surface area (Å²) < 4.78 is 5.29. The summed E-state index contributed by atoms with van der Waals surface area (Å²) in [4.78, 5) is 14.2. The fraction of sp³-hybridized carbons (Fsp3) is 0.480. The molecule has 0 bridgehead atoms. The van der Waals surface area contributed by atoms with Gasteiger partial charge in [0.2, 0.25) is 5.91 Å². The average molecular weight is 394 g/mol. The summed E-state index contributed by atoms with van der Waals surface area (Å²) in [6.07, 6.45) is 5.82. The molecule has 2 aliphatic rings. The second kappa shape index (κ2) is 8.19. The number of carbonyl (C=O) groups excluding carboxylic acids is 1. The summed E-state index contributed by atoms with van der Waals surface area (Å²) in [5, 5.41) is 11.0. The molecular formula is C25H31NO3. The lowest BCUT2D eigenvalue weighted by Crippen LogP contribution is -2.45. The van der Waals surface area contributed by atoms with Crippen LogP contribution in [0.15, 0.2) is 48.5 Å². The zero-order chi connectivity index (χ0) is 20.4. The number of hydrogen-bond acceptors (Lipinski definition) is 3. The van der Waals surface area contributed by atoms with Gasteiger partial charge in [0.1, 0.15) is 5.75 Å². The van der Waals surface area contributed by atoms with Gasteiger partial charge in [-0.15, -0.1) is 0 Å². The predicted octanol–water partition coefficient (Wildman–Crippen LogP) is 5.17. The molecule has 1 unspecified atom stereocenters. The van der Waals surface area contributed by atoms with Crippen molar-refractivity contribution < 1.29 is 14.6 Å². The highest BCUT2D eigenvalue weighted by Crippen LogP contribution is 2.53. The van der Waals surface area contributed by atoms with Gasteiger partial charge in [0.25, 0.3) is 0 Å². The minimum atomic E-state index is -0.388. The van der Waals surface area contributed by atoms with Crippen molar-refractivity contribution in [2.24, 2.45) is 5.41 Å². The minimum absolute atomic E-state index is 0.0705. The van der Waals surface area contributed by atoms with Gasteiger partial charge in [-0.3, -0.25) is 4.79 Å². The standard InChI is InChI=1S/C25H31NO3/c1-3-12-25(13-5-14-25)24(28)20-10-8-19(9-11-20)22-16-23(27)26(22)17-18-6-4-7-21(15-18)29-2/h4,6-11,15,22,24,28H,3,5,12-14,16-17H2,1-2H3/t22-,24?/m1/s1. The van der Waals surface area contributed by atoms with Crippen LogP contribution in [0, 0.1) is 5.41 Å². The van der Waals surface area contributed by atoms with E-state index in [0.717, 1.165) is 48.1 Å². The molecule has 1 heterocycles. The number of nitrogens with zero attached hydrogens (tertiary/aromatic N) is 1. The fourth-order valence-corrected chi connectivity index (χ4v) is 4.96. The first-order valence-corrected chi connectivity index (χ1v) is 10.8. The van der Waals surface area contributed by atoms with Crippen LogP contribution in [0.2, 0.25) is 0 Å². The summed E-state index contributed by atoms with van der Waals surface area (Å²) >= 11 is 0. The number of β-lactam (4-membered cyclic amide) rings is 1. The van der Waals surface area contributed by atoms with E-state index in [-0.39, 0.29) is 23.5 Å². The van der Waals surface area contributed by atoms with Gasteiger partial charge in [-0.25, -0.2) is 0 Å². The number of aliphatic hydroxyl groups is 1. The van der Waals surface area contributed by atoms with E-state index in [1.54, 1.807) is 7.11 Å². The van der Waals surface area contributed by atoms with Crippen molar-refractivity contribution in [2.75, 3.05) is 7.11 Å². The molecule has 0 aromatic heterocycles. The van der Waals surface area contributed by atoms with Crippen LogP contribution in [0.25, 0.3) is 0 Å². The van der Waals surface area contributed by atoms with E-state index in [9.17, 15) is 9.90 Å². The van der Waals surface area contributed by atoms with E-state index < -0.39 is 0 Å². The Hall–Kier alpha value is -2.33. The lowest BCUT2D eigenvalue weighted by Gasteiger charge is -2.46. The largest absolute Gasteiger partial charge is 0.497 e. The summed E-state index contributed by atoms with van der Waals surface area (Å²) in [5.74, 6) is 0.987. The Labute approximate surface area is 173 Å². The van der Waals surface area contributed by atoms with Crippen molar-refractivity contribution in [2.45, 2.75) is 64.1 Å². The normalized spacial score (nSPS) is 21.3. The quantitative estimate of drug-likeness (QED) is 0.629. The molecule has 1 saturated carbocycles. The fourth-order valence-electron chi connectivity index (χ4n) is 4.96. The van der Waals surface area contributed by atoms with Gasteiger partial charge in [0.05, 0.1) is 25.7 Å². The first-order valence-electron chi connectivity index (χ1n) is 10.8. The summed E-state index contributed by atoms with van der Waals surface area (Å²) in [5.41, 5.74) is 3.29. The van der Waals surface area contributed by atoms with E-state index in [1.807, 2.05) is 29.2 Å².